The number of hydrogen-bond donors (Lipinski definition) is 0. The molecule has 0 amide bonds. The highest BCUT2D eigenvalue weighted by Gasteiger charge is 2.33. The van der Waals surface area contributed by atoms with Gasteiger partial charge in [-0.3, -0.25) is 0 Å². The molecule has 0 aliphatic carbocycles. The van der Waals surface area contributed by atoms with E-state index in [-0.39, 0.29) is 36.0 Å². The minimum atomic E-state index is -3.63. The molecule has 0 bridgehead atoms. The van der Waals surface area contributed by atoms with Crippen LogP contribution in [0.25, 0.3) is 0 Å². The zero-order valence-corrected chi connectivity index (χ0v) is 17.4. The molecule has 1 heterocycles. The van der Waals surface area contributed by atoms with E-state index in [0.29, 0.717) is 0 Å². The van der Waals surface area contributed by atoms with Gasteiger partial charge in [0.1, 0.15) is 0 Å². The van der Waals surface area contributed by atoms with Crippen molar-refractivity contribution < 1.29 is 16.8 Å². The Bertz CT molecular complexity index is 897. The zero-order chi connectivity index (χ0) is 18.9. The van der Waals surface area contributed by atoms with Gasteiger partial charge in [0.05, 0.1) is 9.79 Å². The van der Waals surface area contributed by atoms with Crippen molar-refractivity contribution in [2.75, 3.05) is 26.2 Å². The van der Waals surface area contributed by atoms with E-state index >= 15 is 0 Å². The lowest BCUT2D eigenvalue weighted by Gasteiger charge is -2.33. The van der Waals surface area contributed by atoms with Gasteiger partial charge in [-0.1, -0.05) is 33.6 Å². The van der Waals surface area contributed by atoms with Gasteiger partial charge in [0.15, 0.2) is 0 Å². The summed E-state index contributed by atoms with van der Waals surface area (Å²) in [5.41, 5.74) is 0.981. The van der Waals surface area contributed by atoms with Crippen LogP contribution in [0.1, 0.15) is 5.56 Å². The molecule has 3 rings (SSSR count). The molecular formula is C17H19BrN2O4S2. The Balaban J connectivity index is 1.74. The fraction of sp³-hybridized carbons (Fsp3) is 0.294. The Morgan fingerprint density at radius 2 is 1.04 bits per heavy atom. The lowest BCUT2D eigenvalue weighted by atomic mass is 10.2. The van der Waals surface area contributed by atoms with Crippen molar-refractivity contribution >= 4 is 36.0 Å². The molecule has 0 atom stereocenters. The Hall–Kier alpha value is -1.26. The molecule has 9 heteroatoms. The average Bonchev–Trinajstić information content (AvgIpc) is 2.62. The van der Waals surface area contributed by atoms with E-state index in [4.69, 9.17) is 0 Å². The Kier molecular flexibility index (Phi) is 5.55. The fourth-order valence-corrected chi connectivity index (χ4v) is 5.87. The van der Waals surface area contributed by atoms with Gasteiger partial charge in [-0.2, -0.15) is 8.61 Å². The summed E-state index contributed by atoms with van der Waals surface area (Å²) < 4.78 is 54.3. The molecule has 0 radical (unpaired) electrons. The first-order chi connectivity index (χ1) is 12.2. The second-order valence-electron chi connectivity index (χ2n) is 6.08. The van der Waals surface area contributed by atoms with Gasteiger partial charge in [0, 0.05) is 30.7 Å². The lowest BCUT2D eigenvalue weighted by Crippen LogP contribution is -2.50. The molecule has 140 valence electrons. The van der Waals surface area contributed by atoms with Gasteiger partial charge in [-0.05, 0) is 43.3 Å². The molecule has 1 aliphatic rings. The first-order valence-corrected chi connectivity index (χ1v) is 11.7. The molecule has 6 nitrogen and oxygen atoms in total. The summed E-state index contributed by atoms with van der Waals surface area (Å²) in [6.45, 7) is 2.41. The monoisotopic (exact) mass is 458 g/mol. The van der Waals surface area contributed by atoms with E-state index in [1.807, 2.05) is 6.92 Å². The molecule has 1 fully saturated rings. The number of halogens is 1. The van der Waals surface area contributed by atoms with Crippen LogP contribution < -0.4 is 0 Å². The summed E-state index contributed by atoms with van der Waals surface area (Å²) >= 11 is 3.28. The number of rotatable bonds is 4. The summed E-state index contributed by atoms with van der Waals surface area (Å²) in [6.07, 6.45) is 0. The first kappa shape index (κ1) is 19.5. The Labute approximate surface area is 162 Å². The van der Waals surface area contributed by atoms with Crippen molar-refractivity contribution in [1.82, 2.24) is 8.61 Å². The van der Waals surface area contributed by atoms with Crippen molar-refractivity contribution in [2.45, 2.75) is 16.7 Å². The molecule has 2 aromatic carbocycles. The lowest BCUT2D eigenvalue weighted by molar-refractivity contribution is 0.273. The molecule has 1 aliphatic heterocycles. The van der Waals surface area contributed by atoms with E-state index in [0.717, 1.165) is 10.0 Å². The molecule has 0 unspecified atom stereocenters. The van der Waals surface area contributed by atoms with Gasteiger partial charge < -0.3 is 0 Å². The summed E-state index contributed by atoms with van der Waals surface area (Å²) in [6, 6.07) is 13.1. The maximum absolute atomic E-state index is 12.7. The molecule has 1 saturated heterocycles. The van der Waals surface area contributed by atoms with E-state index < -0.39 is 20.0 Å². The topological polar surface area (TPSA) is 74.8 Å². The number of aryl methyl sites for hydroxylation is 1. The summed E-state index contributed by atoms with van der Waals surface area (Å²) in [5.74, 6) is 0. The number of sulfonamides is 2. The van der Waals surface area contributed by atoms with Crippen molar-refractivity contribution in [2.24, 2.45) is 0 Å². The van der Waals surface area contributed by atoms with Crippen molar-refractivity contribution in [1.29, 1.82) is 0 Å². The predicted octanol–water partition coefficient (Wildman–Crippen LogP) is 2.45. The molecule has 0 N–H and O–H groups in total. The van der Waals surface area contributed by atoms with Crippen LogP contribution in [0.3, 0.4) is 0 Å². The summed E-state index contributed by atoms with van der Waals surface area (Å²) in [4.78, 5) is 0.433. The highest BCUT2D eigenvalue weighted by molar-refractivity contribution is 9.10. The quantitative estimate of drug-likeness (QED) is 0.704. The zero-order valence-electron chi connectivity index (χ0n) is 14.2. The third kappa shape index (κ3) is 3.86. The van der Waals surface area contributed by atoms with Gasteiger partial charge >= 0.3 is 0 Å². The van der Waals surface area contributed by atoms with Crippen molar-refractivity contribution in [3.8, 4) is 0 Å². The fourth-order valence-electron chi connectivity index (χ4n) is 2.77. The van der Waals surface area contributed by atoms with E-state index in [1.165, 1.54) is 20.7 Å². The maximum atomic E-state index is 12.7. The van der Waals surface area contributed by atoms with Crippen LogP contribution >= 0.6 is 15.9 Å². The third-order valence-electron chi connectivity index (χ3n) is 4.31. The first-order valence-electron chi connectivity index (χ1n) is 8.04. The van der Waals surface area contributed by atoms with Gasteiger partial charge in [-0.15, -0.1) is 0 Å². The largest absolute Gasteiger partial charge is 0.243 e. The predicted molar refractivity (Wildman–Crippen MR) is 103 cm³/mol. The molecule has 0 saturated carbocycles. The van der Waals surface area contributed by atoms with Crippen LogP contribution in [0.4, 0.5) is 0 Å². The maximum Gasteiger partial charge on any atom is 0.243 e. The third-order valence-corrected chi connectivity index (χ3v) is 8.66. The van der Waals surface area contributed by atoms with Crippen LogP contribution in [0.5, 0.6) is 0 Å². The highest BCUT2D eigenvalue weighted by atomic mass is 79.9. The second kappa shape index (κ2) is 7.40. The molecule has 0 aromatic heterocycles. The van der Waals surface area contributed by atoms with Crippen LogP contribution in [0, 0.1) is 6.92 Å². The molecular weight excluding hydrogens is 440 g/mol. The van der Waals surface area contributed by atoms with E-state index in [1.54, 1.807) is 36.4 Å². The van der Waals surface area contributed by atoms with Crippen molar-refractivity contribution in [3.05, 3.63) is 58.6 Å². The van der Waals surface area contributed by atoms with Crippen molar-refractivity contribution in [3.63, 3.8) is 0 Å². The number of nitrogens with zero attached hydrogens (tertiary/aromatic N) is 2. The molecule has 2 aromatic rings. The summed E-state index contributed by atoms with van der Waals surface area (Å²) in [5, 5.41) is 0. The Morgan fingerprint density at radius 1 is 0.692 bits per heavy atom. The summed E-state index contributed by atoms with van der Waals surface area (Å²) in [7, 11) is -7.24. The van der Waals surface area contributed by atoms with Crippen LogP contribution in [0.15, 0.2) is 62.8 Å². The number of hydrogen-bond acceptors (Lipinski definition) is 4. The van der Waals surface area contributed by atoms with Crippen LogP contribution in [-0.4, -0.2) is 51.6 Å². The molecule has 0 spiro atoms. The van der Waals surface area contributed by atoms with Gasteiger partial charge in [0.2, 0.25) is 20.0 Å². The smallest absolute Gasteiger partial charge is 0.207 e. The van der Waals surface area contributed by atoms with Gasteiger partial charge in [-0.25, -0.2) is 16.8 Å². The van der Waals surface area contributed by atoms with E-state index in [9.17, 15) is 16.8 Å². The molecule has 26 heavy (non-hydrogen) atoms. The normalized spacial score (nSPS) is 17.3. The standard InChI is InChI=1S/C17H19BrN2O4S2/c1-14-2-6-16(7-3-14)25(21,22)19-10-12-20(13-11-19)26(23,24)17-8-4-15(18)5-9-17/h2-9H,10-13H2,1H3. The van der Waals surface area contributed by atoms with Gasteiger partial charge in [0.25, 0.3) is 0 Å². The Morgan fingerprint density at radius 3 is 1.42 bits per heavy atom. The average molecular weight is 459 g/mol. The minimum Gasteiger partial charge on any atom is -0.207 e. The van der Waals surface area contributed by atoms with Crippen LogP contribution in [-0.2, 0) is 20.0 Å². The second-order valence-corrected chi connectivity index (χ2v) is 10.9. The van der Waals surface area contributed by atoms with E-state index in [2.05, 4.69) is 15.9 Å². The number of benzene rings is 2. The highest BCUT2D eigenvalue weighted by Crippen LogP contribution is 2.23. The number of piperazine rings is 1. The van der Waals surface area contributed by atoms with Crippen LogP contribution in [0.2, 0.25) is 0 Å². The SMILES string of the molecule is Cc1ccc(S(=O)(=O)N2CCN(S(=O)(=O)c3ccc(Br)cc3)CC2)cc1. The minimum absolute atomic E-state index is 0.128.